The average Bonchev–Trinajstić information content (AvgIpc) is 3.72. The van der Waals surface area contributed by atoms with E-state index in [-0.39, 0.29) is 43.3 Å². The van der Waals surface area contributed by atoms with Gasteiger partial charge in [-0.25, -0.2) is 0 Å². The molecule has 3 saturated heterocycles. The van der Waals surface area contributed by atoms with Crippen LogP contribution in [0.1, 0.15) is 82.3 Å². The molecule has 46 heavy (non-hydrogen) atoms. The predicted molar refractivity (Wildman–Crippen MR) is 172 cm³/mol. The molecule has 2 bridgehead atoms. The number of amides is 3. The summed E-state index contributed by atoms with van der Waals surface area (Å²) in [5, 5.41) is 12.3. The van der Waals surface area contributed by atoms with Gasteiger partial charge in [-0.15, -0.1) is 13.2 Å². The van der Waals surface area contributed by atoms with Crippen molar-refractivity contribution in [2.45, 2.75) is 101 Å². The van der Waals surface area contributed by atoms with Crippen LogP contribution in [-0.2, 0) is 28.7 Å². The molecular weight excluding hydrogens is 586 g/mol. The number of allylic oxidation sites excluding steroid dienone is 1. The summed E-state index contributed by atoms with van der Waals surface area (Å²) in [5.41, 5.74) is -0.403. The van der Waals surface area contributed by atoms with Crippen molar-refractivity contribution in [3.8, 4) is 0 Å². The third-order valence-corrected chi connectivity index (χ3v) is 10.2. The molecule has 5 rings (SSSR count). The van der Waals surface area contributed by atoms with Crippen molar-refractivity contribution in [1.82, 2.24) is 15.1 Å². The van der Waals surface area contributed by atoms with Crippen LogP contribution in [0.2, 0.25) is 0 Å². The Balaban J connectivity index is 1.42. The standard InChI is InChI=1S/C36H49N3O7/c1-3-5-18-29(41)37-24-28(25-14-8-6-9-15-25)45-35(44)30-27-19-20-36(46-27)31(30)33(42)39(22-12-13-23-40)32(36)34(43)38(21-4-2)26-16-10-7-11-17-26/h3-4,6,8-9,14-15,26-28,30-32,40H,1-2,5,7,10-13,16-24H2,(H,37,41)/t27-,28+,30+,31+,32-,36+/m0/s1. The number of fused-ring (bicyclic) bond motifs is 1. The van der Waals surface area contributed by atoms with E-state index in [9.17, 15) is 24.3 Å². The highest BCUT2D eigenvalue weighted by Gasteiger charge is 2.75. The van der Waals surface area contributed by atoms with E-state index in [1.807, 2.05) is 35.2 Å². The Morgan fingerprint density at radius 3 is 2.57 bits per heavy atom. The Kier molecular flexibility index (Phi) is 11.3. The molecule has 3 heterocycles. The van der Waals surface area contributed by atoms with E-state index in [4.69, 9.17) is 9.47 Å². The molecule has 2 N–H and O–H groups in total. The van der Waals surface area contributed by atoms with Gasteiger partial charge in [0.15, 0.2) is 0 Å². The van der Waals surface area contributed by atoms with Crippen molar-refractivity contribution in [1.29, 1.82) is 0 Å². The van der Waals surface area contributed by atoms with Gasteiger partial charge >= 0.3 is 5.97 Å². The smallest absolute Gasteiger partial charge is 0.313 e. The molecule has 1 aromatic rings. The number of rotatable bonds is 16. The Morgan fingerprint density at radius 1 is 1.11 bits per heavy atom. The van der Waals surface area contributed by atoms with Crippen LogP contribution in [0, 0.1) is 11.8 Å². The van der Waals surface area contributed by atoms with Gasteiger partial charge in [-0.05, 0) is 50.5 Å². The first-order valence-electron chi connectivity index (χ1n) is 17.0. The van der Waals surface area contributed by atoms with Gasteiger partial charge in [0, 0.05) is 32.2 Å². The van der Waals surface area contributed by atoms with Gasteiger partial charge in [0.1, 0.15) is 17.7 Å². The number of aliphatic hydroxyl groups excluding tert-OH is 1. The second-order valence-corrected chi connectivity index (χ2v) is 13.1. The molecule has 1 saturated carbocycles. The van der Waals surface area contributed by atoms with Gasteiger partial charge in [0.05, 0.1) is 24.5 Å². The predicted octanol–water partition coefficient (Wildman–Crippen LogP) is 3.85. The van der Waals surface area contributed by atoms with Crippen LogP contribution >= 0.6 is 0 Å². The van der Waals surface area contributed by atoms with Crippen molar-refractivity contribution < 1.29 is 33.8 Å². The van der Waals surface area contributed by atoms with E-state index in [0.29, 0.717) is 45.2 Å². The maximum absolute atomic E-state index is 14.6. The number of unbranched alkanes of at least 4 members (excludes halogenated alkanes) is 1. The minimum absolute atomic E-state index is 0.0155. The van der Waals surface area contributed by atoms with Gasteiger partial charge < -0.3 is 29.7 Å². The number of carbonyl (C=O) groups is 4. The van der Waals surface area contributed by atoms with Crippen molar-refractivity contribution in [2.24, 2.45) is 11.8 Å². The Bertz CT molecular complexity index is 1270. The Labute approximate surface area is 272 Å². The van der Waals surface area contributed by atoms with Crippen molar-refractivity contribution in [3.05, 3.63) is 61.2 Å². The number of likely N-dealkylation sites (tertiary alicyclic amines) is 1. The Morgan fingerprint density at radius 2 is 1.87 bits per heavy atom. The first kappa shape index (κ1) is 33.9. The SMILES string of the molecule is C=CCCC(=O)NC[C@@H](OC(=O)[C@@H]1[C@@H]2CC[C@]3(O2)[C@H](C(=O)N(CC=C)C2CCCCC2)N(CCCCO)C(=O)[C@@H]13)c1ccccc1. The number of carbonyl (C=O) groups excluding carboxylic acids is 4. The molecule has 0 radical (unpaired) electrons. The topological polar surface area (TPSA) is 125 Å². The number of nitrogens with zero attached hydrogens (tertiary/aromatic N) is 2. The highest BCUT2D eigenvalue weighted by molar-refractivity contribution is 5.98. The lowest BCUT2D eigenvalue weighted by atomic mass is 9.70. The molecule has 3 aliphatic heterocycles. The fourth-order valence-corrected chi connectivity index (χ4v) is 8.08. The van der Waals surface area contributed by atoms with Gasteiger partial charge in [-0.1, -0.05) is 61.7 Å². The number of hydrogen-bond donors (Lipinski definition) is 2. The fourth-order valence-electron chi connectivity index (χ4n) is 8.08. The van der Waals surface area contributed by atoms with Crippen LogP contribution in [0.15, 0.2) is 55.6 Å². The Hall–Kier alpha value is -3.50. The van der Waals surface area contributed by atoms with Crippen LogP contribution in [0.3, 0.4) is 0 Å². The van der Waals surface area contributed by atoms with E-state index in [0.717, 1.165) is 37.7 Å². The number of benzene rings is 1. The molecule has 4 aliphatic rings. The molecule has 0 unspecified atom stereocenters. The zero-order chi connectivity index (χ0) is 32.7. The van der Waals surface area contributed by atoms with E-state index >= 15 is 0 Å². The molecule has 10 nitrogen and oxygen atoms in total. The van der Waals surface area contributed by atoms with Crippen molar-refractivity contribution in [2.75, 3.05) is 26.2 Å². The minimum atomic E-state index is -1.13. The molecule has 10 heteroatoms. The number of hydrogen-bond acceptors (Lipinski definition) is 7. The quantitative estimate of drug-likeness (QED) is 0.161. The van der Waals surface area contributed by atoms with Crippen LogP contribution in [0.25, 0.3) is 0 Å². The lowest BCUT2D eigenvalue weighted by Crippen LogP contribution is -2.58. The zero-order valence-corrected chi connectivity index (χ0v) is 26.8. The minimum Gasteiger partial charge on any atom is -0.455 e. The number of esters is 1. The van der Waals surface area contributed by atoms with E-state index in [1.54, 1.807) is 17.1 Å². The monoisotopic (exact) mass is 635 g/mol. The summed E-state index contributed by atoms with van der Waals surface area (Å²) in [6, 6.07) is 8.43. The van der Waals surface area contributed by atoms with E-state index < -0.39 is 41.7 Å². The molecule has 4 fully saturated rings. The molecule has 1 aromatic carbocycles. The maximum atomic E-state index is 14.6. The number of ether oxygens (including phenoxy) is 2. The summed E-state index contributed by atoms with van der Waals surface area (Å²) in [6.07, 6.45) is 10.0. The van der Waals surface area contributed by atoms with Crippen LogP contribution < -0.4 is 5.32 Å². The summed E-state index contributed by atoms with van der Waals surface area (Å²) in [7, 11) is 0. The van der Waals surface area contributed by atoms with Crippen molar-refractivity contribution in [3.63, 3.8) is 0 Å². The van der Waals surface area contributed by atoms with Gasteiger partial charge in [0.25, 0.3) is 0 Å². The second kappa shape index (κ2) is 15.4. The van der Waals surface area contributed by atoms with Gasteiger partial charge in [-0.2, -0.15) is 0 Å². The van der Waals surface area contributed by atoms with E-state index in [1.165, 1.54) is 0 Å². The molecule has 3 amide bonds. The average molecular weight is 636 g/mol. The normalized spacial score (nSPS) is 27.6. The zero-order valence-electron chi connectivity index (χ0n) is 26.8. The van der Waals surface area contributed by atoms with E-state index in [2.05, 4.69) is 18.5 Å². The van der Waals surface area contributed by atoms with Gasteiger partial charge in [0.2, 0.25) is 17.7 Å². The van der Waals surface area contributed by atoms with Crippen LogP contribution in [-0.4, -0.2) is 88.6 Å². The lowest BCUT2D eigenvalue weighted by molar-refractivity contribution is -0.160. The molecule has 1 spiro atoms. The highest BCUT2D eigenvalue weighted by Crippen LogP contribution is 2.59. The molecule has 250 valence electrons. The second-order valence-electron chi connectivity index (χ2n) is 13.1. The third-order valence-electron chi connectivity index (χ3n) is 10.2. The highest BCUT2D eigenvalue weighted by atomic mass is 16.6. The first-order chi connectivity index (χ1) is 22.4. The third kappa shape index (κ3) is 6.79. The summed E-state index contributed by atoms with van der Waals surface area (Å²) in [5.74, 6) is -2.87. The summed E-state index contributed by atoms with van der Waals surface area (Å²) in [4.78, 5) is 59.0. The molecule has 0 aromatic heterocycles. The number of aliphatic hydroxyl groups is 1. The fraction of sp³-hybridized carbons (Fsp3) is 0.611. The van der Waals surface area contributed by atoms with Crippen LogP contribution in [0.4, 0.5) is 0 Å². The molecule has 1 aliphatic carbocycles. The molecular formula is C36H49N3O7. The lowest BCUT2D eigenvalue weighted by Gasteiger charge is -2.40. The molecule has 6 atom stereocenters. The summed E-state index contributed by atoms with van der Waals surface area (Å²) in [6.45, 7) is 8.32. The van der Waals surface area contributed by atoms with Gasteiger partial charge in [-0.3, -0.25) is 19.2 Å². The first-order valence-corrected chi connectivity index (χ1v) is 17.0. The summed E-state index contributed by atoms with van der Waals surface area (Å²) < 4.78 is 12.8. The maximum Gasteiger partial charge on any atom is 0.313 e. The van der Waals surface area contributed by atoms with Crippen LogP contribution in [0.5, 0.6) is 0 Å². The summed E-state index contributed by atoms with van der Waals surface area (Å²) >= 11 is 0. The number of nitrogens with one attached hydrogen (secondary N) is 1. The largest absolute Gasteiger partial charge is 0.455 e. The van der Waals surface area contributed by atoms with Crippen molar-refractivity contribution >= 4 is 23.7 Å².